The van der Waals surface area contributed by atoms with Crippen molar-refractivity contribution in [3.63, 3.8) is 0 Å². The van der Waals surface area contributed by atoms with Crippen molar-refractivity contribution in [3.8, 4) is 0 Å². The molecule has 0 heterocycles. The fourth-order valence-corrected chi connectivity index (χ4v) is 4.09. The molecule has 0 aromatic heterocycles. The van der Waals surface area contributed by atoms with Gasteiger partial charge >= 0.3 is 26.2 Å². The van der Waals surface area contributed by atoms with Crippen molar-refractivity contribution >= 4 is 9.52 Å². The molecular weight excluding hydrogens is 384 g/mol. The van der Waals surface area contributed by atoms with E-state index >= 15 is 0 Å². The molecule has 0 unspecified atom stereocenters. The van der Waals surface area contributed by atoms with E-state index in [2.05, 4.69) is 50.2 Å². The molecule has 4 rings (SSSR count). The molecule has 0 nitrogen and oxygen atoms in total. The van der Waals surface area contributed by atoms with E-state index in [0.717, 1.165) is 9.52 Å². The summed E-state index contributed by atoms with van der Waals surface area (Å²) in [5.74, 6) is 0. The maximum atomic E-state index is 2.26. The van der Waals surface area contributed by atoms with Gasteiger partial charge in [0.2, 0.25) is 0 Å². The fraction of sp³-hybridized carbons (Fsp3) is 0.545. The first kappa shape index (κ1) is 21.8. The summed E-state index contributed by atoms with van der Waals surface area (Å²) in [5, 5.41) is 0. The molecule has 0 saturated heterocycles. The van der Waals surface area contributed by atoms with Crippen molar-refractivity contribution in [2.45, 2.75) is 77.3 Å². The third-order valence-corrected chi connectivity index (χ3v) is 6.03. The number of hydrogen-bond donors (Lipinski definition) is 0. The van der Waals surface area contributed by atoms with Crippen LogP contribution in [0, 0.1) is 0 Å². The van der Waals surface area contributed by atoms with Gasteiger partial charge in [-0.25, -0.2) is 12.1 Å². The molecule has 0 aliphatic heterocycles. The van der Waals surface area contributed by atoms with Crippen molar-refractivity contribution < 1.29 is 26.2 Å². The van der Waals surface area contributed by atoms with Crippen molar-refractivity contribution in [3.05, 3.63) is 58.7 Å². The van der Waals surface area contributed by atoms with Gasteiger partial charge in [-0.1, -0.05) is 77.3 Å². The topological polar surface area (TPSA) is 0 Å². The summed E-state index contributed by atoms with van der Waals surface area (Å²) in [4.78, 5) is 0. The minimum absolute atomic E-state index is 0. The summed E-state index contributed by atoms with van der Waals surface area (Å²) in [6, 6.07) is 16.2. The third kappa shape index (κ3) is 7.36. The quantitative estimate of drug-likeness (QED) is 0.424. The van der Waals surface area contributed by atoms with Crippen molar-refractivity contribution in [2.75, 3.05) is 0 Å². The van der Waals surface area contributed by atoms with Gasteiger partial charge in [0.15, 0.2) is 0 Å². The Balaban J connectivity index is 0.000000185. The maximum Gasteiger partial charge on any atom is 2.00 e. The molecule has 1 radical (unpaired) electrons. The van der Waals surface area contributed by atoms with Gasteiger partial charge in [-0.15, -0.1) is 0 Å². The molecule has 2 heteroatoms. The standard InChI is InChI=1S/2C9H11.C4H11Si.Zr/c2*1-2-5-9-7-3-6-8(9)4-1;1-3-5-4-2;/h2*3,6-7H,1-2,4-5H2;5H,3-4H2,1-2H3;/q2*-1;;+2. The third-order valence-electron chi connectivity index (χ3n) is 4.88. The zero-order valence-electron chi connectivity index (χ0n) is 15.6. The number of fused-ring (bicyclic) bond motifs is 2. The summed E-state index contributed by atoms with van der Waals surface area (Å²) in [7, 11) is 0.815. The minimum atomic E-state index is 0. The Kier molecular flexibility index (Phi) is 11.9. The fourth-order valence-electron chi connectivity index (χ4n) is 3.52. The van der Waals surface area contributed by atoms with E-state index < -0.39 is 0 Å². The summed E-state index contributed by atoms with van der Waals surface area (Å²) in [6.45, 7) is 4.50. The second kappa shape index (κ2) is 13.1. The predicted molar refractivity (Wildman–Crippen MR) is 105 cm³/mol. The molecule has 129 valence electrons. The largest absolute Gasteiger partial charge is 2.00 e. The Bertz CT molecular complexity index is 448. The Morgan fingerprint density at radius 1 is 0.750 bits per heavy atom. The second-order valence-electron chi connectivity index (χ2n) is 6.67. The van der Waals surface area contributed by atoms with Gasteiger partial charge in [0.1, 0.15) is 0 Å². The predicted octanol–water partition coefficient (Wildman–Crippen LogP) is 5.87. The molecule has 0 bridgehead atoms. The Labute approximate surface area is 171 Å². The number of aryl methyl sites for hydroxylation is 4. The van der Waals surface area contributed by atoms with Crippen LogP contribution in [0.25, 0.3) is 0 Å². The molecule has 2 aliphatic carbocycles. The second-order valence-corrected chi connectivity index (χ2v) is 8.88. The molecule has 0 saturated carbocycles. The van der Waals surface area contributed by atoms with Crippen LogP contribution in [0.5, 0.6) is 0 Å². The molecule has 0 atom stereocenters. The van der Waals surface area contributed by atoms with Crippen molar-refractivity contribution in [1.29, 1.82) is 0 Å². The summed E-state index contributed by atoms with van der Waals surface area (Å²) < 4.78 is 0. The minimum Gasteiger partial charge on any atom is -0.210 e. The molecule has 2 aromatic carbocycles. The van der Waals surface area contributed by atoms with E-state index in [1.54, 1.807) is 22.3 Å². The maximum absolute atomic E-state index is 2.26. The molecule has 0 N–H and O–H groups in total. The van der Waals surface area contributed by atoms with Crippen LogP contribution in [0.1, 0.15) is 61.8 Å². The van der Waals surface area contributed by atoms with E-state index in [1.807, 2.05) is 0 Å². The Morgan fingerprint density at radius 3 is 1.50 bits per heavy atom. The van der Waals surface area contributed by atoms with E-state index in [9.17, 15) is 0 Å². The van der Waals surface area contributed by atoms with Crippen molar-refractivity contribution in [2.24, 2.45) is 0 Å². The van der Waals surface area contributed by atoms with Gasteiger partial charge in [-0.05, 0) is 0 Å². The molecule has 0 amide bonds. The molecular formula is C22H33SiZr. The zero-order valence-corrected chi connectivity index (χ0v) is 19.2. The average Bonchev–Trinajstić information content (AvgIpc) is 3.26. The SMILES string of the molecule is CC[SiH]CC.[Zr+2].c1cc2c([cH-]1)CCCC2.c1cc2c([cH-]1)CCCC2. The van der Waals surface area contributed by atoms with Crippen LogP contribution in [0.3, 0.4) is 0 Å². The molecule has 0 spiro atoms. The van der Waals surface area contributed by atoms with Gasteiger partial charge in [0, 0.05) is 9.52 Å². The van der Waals surface area contributed by atoms with E-state index in [0.29, 0.717) is 0 Å². The average molecular weight is 417 g/mol. The molecule has 24 heavy (non-hydrogen) atoms. The zero-order chi connectivity index (χ0) is 16.3. The first-order valence-corrected chi connectivity index (χ1v) is 11.3. The van der Waals surface area contributed by atoms with Crippen LogP contribution in [-0.2, 0) is 51.9 Å². The van der Waals surface area contributed by atoms with E-state index in [-0.39, 0.29) is 26.2 Å². The normalized spacial score (nSPS) is 14.8. The van der Waals surface area contributed by atoms with Crippen LogP contribution >= 0.6 is 0 Å². The first-order chi connectivity index (χ1) is 11.3. The summed E-state index contributed by atoms with van der Waals surface area (Å²) >= 11 is 0. The van der Waals surface area contributed by atoms with Crippen LogP contribution in [0.2, 0.25) is 12.1 Å². The first-order valence-electron chi connectivity index (χ1n) is 9.63. The summed E-state index contributed by atoms with van der Waals surface area (Å²) in [6.07, 6.45) is 10.9. The van der Waals surface area contributed by atoms with Crippen LogP contribution < -0.4 is 0 Å². The van der Waals surface area contributed by atoms with Crippen molar-refractivity contribution in [1.82, 2.24) is 0 Å². The van der Waals surface area contributed by atoms with Gasteiger partial charge in [0.05, 0.1) is 0 Å². The Morgan fingerprint density at radius 2 is 1.17 bits per heavy atom. The van der Waals surface area contributed by atoms with Gasteiger partial charge in [0.25, 0.3) is 0 Å². The monoisotopic (exact) mass is 415 g/mol. The summed E-state index contributed by atoms with van der Waals surface area (Å²) in [5.41, 5.74) is 6.39. The number of rotatable bonds is 2. The molecule has 0 fully saturated rings. The van der Waals surface area contributed by atoms with Gasteiger partial charge in [-0.3, -0.25) is 0 Å². The van der Waals surface area contributed by atoms with E-state index in [1.165, 1.54) is 63.5 Å². The molecule has 2 aromatic rings. The molecule has 2 aliphatic rings. The van der Waals surface area contributed by atoms with E-state index in [4.69, 9.17) is 0 Å². The Hall–Kier alpha value is -0.200. The van der Waals surface area contributed by atoms with Crippen LogP contribution in [-0.4, -0.2) is 9.52 Å². The van der Waals surface area contributed by atoms with Crippen LogP contribution in [0.4, 0.5) is 0 Å². The van der Waals surface area contributed by atoms with Crippen LogP contribution in [0.15, 0.2) is 36.4 Å². The van der Waals surface area contributed by atoms with Gasteiger partial charge < -0.3 is 0 Å². The number of hydrogen-bond acceptors (Lipinski definition) is 0. The van der Waals surface area contributed by atoms with Gasteiger partial charge in [-0.2, -0.15) is 46.5 Å². The smallest absolute Gasteiger partial charge is 0.210 e.